The molecule has 1 fully saturated rings. The lowest BCUT2D eigenvalue weighted by atomic mass is 9.85. The smallest absolute Gasteiger partial charge is 0.457 e. The van der Waals surface area contributed by atoms with Gasteiger partial charge in [0.1, 0.15) is 42.7 Å². The van der Waals surface area contributed by atoms with Gasteiger partial charge in [0.2, 0.25) is 0 Å². The zero-order valence-electron chi connectivity index (χ0n) is 39.0. The first kappa shape index (κ1) is 59.3. The number of aliphatic hydroxyl groups excluding tert-OH is 5. The van der Waals surface area contributed by atoms with E-state index in [1.807, 2.05) is 12.2 Å². The Morgan fingerprint density at radius 2 is 0.875 bits per heavy atom. The van der Waals surface area contributed by atoms with Gasteiger partial charge in [-0.05, 0) is 77.0 Å². The second-order valence-corrected chi connectivity index (χ2v) is 17.6. The molecule has 0 spiro atoms. The molecule has 6 atom stereocenters. The van der Waals surface area contributed by atoms with Gasteiger partial charge in [0, 0.05) is 13.0 Å². The SMILES string of the molecule is CC/C=C\C/C=C\C/C=C\C/C=C\CCCCCCCCCCCCCOCC(COP(=O)(O)OC1C(O)C(O)C(O)C(O)C1O)OC(=O)CC/C=C\C/C=C\C/C=C\C/C=C\CC. The van der Waals surface area contributed by atoms with Crippen molar-refractivity contribution in [3.05, 3.63) is 97.2 Å². The molecule has 0 aromatic carbocycles. The topological polar surface area (TPSA) is 192 Å². The molecule has 1 rings (SSSR count). The lowest BCUT2D eigenvalue weighted by Gasteiger charge is -2.41. The summed E-state index contributed by atoms with van der Waals surface area (Å²) in [4.78, 5) is 23.1. The van der Waals surface area contributed by atoms with Gasteiger partial charge < -0.3 is 39.9 Å². The molecular formula is C51H85O12P. The monoisotopic (exact) mass is 921 g/mol. The molecule has 0 amide bonds. The lowest BCUT2D eigenvalue weighted by Crippen LogP contribution is -2.64. The number of carbonyl (C=O) groups is 1. The number of esters is 1. The molecule has 12 nitrogen and oxygen atoms in total. The van der Waals surface area contributed by atoms with E-state index in [1.54, 1.807) is 0 Å². The Hall–Kier alpha value is -2.74. The number of ether oxygens (including phenoxy) is 2. The highest BCUT2D eigenvalue weighted by atomic mass is 31.2. The second-order valence-electron chi connectivity index (χ2n) is 16.2. The molecule has 64 heavy (non-hydrogen) atoms. The molecule has 0 aromatic rings. The number of unbranched alkanes of at least 4 members (excludes halogenated alkanes) is 11. The van der Waals surface area contributed by atoms with Crippen molar-refractivity contribution in [3.8, 4) is 0 Å². The van der Waals surface area contributed by atoms with Crippen LogP contribution in [0.4, 0.5) is 0 Å². The zero-order valence-corrected chi connectivity index (χ0v) is 39.9. The van der Waals surface area contributed by atoms with E-state index in [0.29, 0.717) is 13.0 Å². The van der Waals surface area contributed by atoms with Crippen molar-refractivity contribution in [1.29, 1.82) is 0 Å². The third-order valence-corrected chi connectivity index (χ3v) is 11.5. The molecule has 13 heteroatoms. The first-order valence-corrected chi connectivity index (χ1v) is 25.6. The Kier molecular flexibility index (Phi) is 37.5. The molecule has 0 heterocycles. The van der Waals surface area contributed by atoms with E-state index in [1.165, 1.54) is 44.9 Å². The van der Waals surface area contributed by atoms with Gasteiger partial charge >= 0.3 is 13.8 Å². The Bertz CT molecular complexity index is 1420. The fourth-order valence-electron chi connectivity index (χ4n) is 6.71. The van der Waals surface area contributed by atoms with Crippen LogP contribution in [0, 0.1) is 0 Å². The predicted molar refractivity (Wildman–Crippen MR) is 257 cm³/mol. The maximum Gasteiger partial charge on any atom is 0.472 e. The van der Waals surface area contributed by atoms with Gasteiger partial charge in [-0.3, -0.25) is 13.8 Å². The third-order valence-electron chi connectivity index (χ3n) is 10.5. The van der Waals surface area contributed by atoms with Crippen LogP contribution in [0.1, 0.15) is 155 Å². The summed E-state index contributed by atoms with van der Waals surface area (Å²) in [5.74, 6) is -0.562. The molecule has 1 saturated carbocycles. The van der Waals surface area contributed by atoms with E-state index in [-0.39, 0.29) is 13.0 Å². The van der Waals surface area contributed by atoms with Gasteiger partial charge in [-0.2, -0.15) is 0 Å². The molecule has 1 aliphatic rings. The van der Waals surface area contributed by atoms with Crippen LogP contribution in [0.3, 0.4) is 0 Å². The minimum absolute atomic E-state index is 0.0588. The van der Waals surface area contributed by atoms with Crippen molar-refractivity contribution in [3.63, 3.8) is 0 Å². The van der Waals surface area contributed by atoms with Gasteiger partial charge in [0.05, 0.1) is 13.2 Å². The van der Waals surface area contributed by atoms with Crippen LogP contribution < -0.4 is 0 Å². The van der Waals surface area contributed by atoms with Crippen molar-refractivity contribution < 1.29 is 58.3 Å². The van der Waals surface area contributed by atoms with Gasteiger partial charge in [-0.1, -0.05) is 169 Å². The Balaban J connectivity index is 2.36. The van der Waals surface area contributed by atoms with E-state index in [9.17, 15) is 39.8 Å². The molecule has 6 unspecified atom stereocenters. The molecule has 0 aliphatic heterocycles. The number of phosphoric acid groups is 1. The fraction of sp³-hybridized carbons (Fsp3) is 0.667. The number of aliphatic hydroxyl groups is 5. The average Bonchev–Trinajstić information content (AvgIpc) is 3.28. The van der Waals surface area contributed by atoms with Gasteiger partial charge in [-0.15, -0.1) is 0 Å². The molecule has 0 radical (unpaired) electrons. The van der Waals surface area contributed by atoms with Crippen molar-refractivity contribution in [2.45, 2.75) is 198 Å². The van der Waals surface area contributed by atoms with E-state index < -0.39 is 63.1 Å². The molecule has 366 valence electrons. The van der Waals surface area contributed by atoms with E-state index in [2.05, 4.69) is 98.9 Å². The molecular weight excluding hydrogens is 836 g/mol. The quantitative estimate of drug-likeness (QED) is 0.0148. The van der Waals surface area contributed by atoms with Crippen molar-refractivity contribution in [1.82, 2.24) is 0 Å². The minimum Gasteiger partial charge on any atom is -0.457 e. The maximum absolute atomic E-state index is 12.8. The van der Waals surface area contributed by atoms with Crippen LogP contribution in [0.5, 0.6) is 0 Å². The summed E-state index contributed by atoms with van der Waals surface area (Å²) in [6.45, 7) is 3.92. The normalized spacial score (nSPS) is 22.6. The number of allylic oxidation sites excluding steroid dienone is 16. The summed E-state index contributed by atoms with van der Waals surface area (Å²) < 4.78 is 34.1. The van der Waals surface area contributed by atoms with Crippen LogP contribution in [-0.2, 0) is 27.9 Å². The third kappa shape index (κ3) is 32.0. The maximum atomic E-state index is 12.8. The van der Waals surface area contributed by atoms with Crippen LogP contribution in [0.2, 0.25) is 0 Å². The van der Waals surface area contributed by atoms with E-state index in [4.69, 9.17) is 18.5 Å². The summed E-state index contributed by atoms with van der Waals surface area (Å²) in [5.41, 5.74) is 0. The van der Waals surface area contributed by atoms with E-state index in [0.717, 1.165) is 83.5 Å². The molecule has 0 saturated heterocycles. The summed E-state index contributed by atoms with van der Waals surface area (Å²) in [6, 6.07) is 0. The molecule has 0 aromatic heterocycles. The van der Waals surface area contributed by atoms with Crippen LogP contribution >= 0.6 is 7.82 Å². The van der Waals surface area contributed by atoms with Crippen molar-refractivity contribution in [2.75, 3.05) is 19.8 Å². The Labute approximate surface area is 385 Å². The summed E-state index contributed by atoms with van der Waals surface area (Å²) in [5, 5.41) is 50.2. The standard InChI is InChI=1S/C51H85O12P/c1-3-5-7-9-11-13-15-17-18-19-20-21-22-23-24-25-26-27-29-31-33-35-37-39-41-60-42-44(43-61-64(58,59)63-51-49(56)47(54)46(53)48(55)50(51)57)62-45(52)40-38-36-34-32-30-28-16-14-12-10-8-6-4-2/h5-8,11-14,17-18,20-21,28,30,34,36,44,46-51,53-57H,3-4,9-10,15-16,19,22-27,29,31-33,35,37-43H2,1-2H3,(H,58,59)/b7-5-,8-6-,13-11-,14-12-,18-17-,21-20-,30-28-,36-34-. The molecule has 0 bridgehead atoms. The minimum atomic E-state index is -5.04. The average molecular weight is 921 g/mol. The van der Waals surface area contributed by atoms with Crippen molar-refractivity contribution >= 4 is 13.8 Å². The first-order valence-electron chi connectivity index (χ1n) is 24.1. The zero-order chi connectivity index (χ0) is 46.9. The second kappa shape index (κ2) is 40.5. The van der Waals surface area contributed by atoms with Crippen LogP contribution in [0.25, 0.3) is 0 Å². The first-order chi connectivity index (χ1) is 31.0. The van der Waals surface area contributed by atoms with E-state index >= 15 is 0 Å². The largest absolute Gasteiger partial charge is 0.472 e. The fourth-order valence-corrected chi connectivity index (χ4v) is 7.68. The molecule has 1 aliphatic carbocycles. The summed E-state index contributed by atoms with van der Waals surface area (Å²) >= 11 is 0. The summed E-state index contributed by atoms with van der Waals surface area (Å²) in [7, 11) is -5.04. The Morgan fingerprint density at radius 3 is 1.33 bits per heavy atom. The van der Waals surface area contributed by atoms with Gasteiger partial charge in [0.25, 0.3) is 0 Å². The number of rotatable bonds is 39. The van der Waals surface area contributed by atoms with Gasteiger partial charge in [-0.25, -0.2) is 4.57 Å². The number of hydrogen-bond donors (Lipinski definition) is 6. The van der Waals surface area contributed by atoms with Crippen molar-refractivity contribution in [2.24, 2.45) is 0 Å². The lowest BCUT2D eigenvalue weighted by molar-refractivity contribution is -0.220. The van der Waals surface area contributed by atoms with Crippen LogP contribution in [0.15, 0.2) is 97.2 Å². The number of hydrogen-bond acceptors (Lipinski definition) is 11. The highest BCUT2D eigenvalue weighted by Gasteiger charge is 2.51. The highest BCUT2D eigenvalue weighted by molar-refractivity contribution is 7.47. The highest BCUT2D eigenvalue weighted by Crippen LogP contribution is 2.47. The number of phosphoric ester groups is 1. The Morgan fingerprint density at radius 1 is 0.500 bits per heavy atom. The van der Waals surface area contributed by atoms with Gasteiger partial charge in [0.15, 0.2) is 0 Å². The predicted octanol–water partition coefficient (Wildman–Crippen LogP) is 10.3. The molecule has 6 N–H and O–H groups in total. The summed E-state index contributed by atoms with van der Waals surface area (Å²) in [6.07, 6.45) is 43.6. The number of carbonyl (C=O) groups excluding carboxylic acids is 1. The van der Waals surface area contributed by atoms with Crippen LogP contribution in [-0.4, -0.2) is 98.9 Å².